The molecule has 0 radical (unpaired) electrons. The molecule has 0 aliphatic carbocycles. The smallest absolute Gasteiger partial charge is 0.262 e. The first-order chi connectivity index (χ1) is 13.5. The molecule has 1 N–H and O–H groups in total. The SMILES string of the molecule is CCN(c1cccc(C)c1)c1ccc(NC(=O)COc2ccc(Cl)cc2)cn1. The summed E-state index contributed by atoms with van der Waals surface area (Å²) >= 11 is 5.83. The molecule has 3 rings (SSSR count). The Morgan fingerprint density at radius 2 is 1.93 bits per heavy atom. The fraction of sp³-hybridized carbons (Fsp3) is 0.182. The van der Waals surface area contributed by atoms with Crippen LogP contribution in [0.1, 0.15) is 12.5 Å². The molecule has 2 aromatic carbocycles. The second-order valence-corrected chi connectivity index (χ2v) is 6.72. The third-order valence-electron chi connectivity index (χ3n) is 4.12. The molecule has 0 aliphatic heterocycles. The molecule has 0 spiro atoms. The lowest BCUT2D eigenvalue weighted by Gasteiger charge is -2.22. The van der Waals surface area contributed by atoms with E-state index in [9.17, 15) is 4.79 Å². The standard InChI is InChI=1S/C22H22ClN3O2/c1-3-26(19-6-4-5-16(2)13-19)21-12-9-18(14-24-21)25-22(27)15-28-20-10-7-17(23)8-11-20/h4-14H,3,15H2,1-2H3,(H,25,27). The van der Waals surface area contributed by atoms with E-state index in [-0.39, 0.29) is 12.5 Å². The maximum Gasteiger partial charge on any atom is 0.262 e. The zero-order valence-corrected chi connectivity index (χ0v) is 16.6. The minimum Gasteiger partial charge on any atom is -0.484 e. The number of carbonyl (C=O) groups is 1. The zero-order valence-electron chi connectivity index (χ0n) is 15.9. The Morgan fingerprint density at radius 3 is 2.57 bits per heavy atom. The van der Waals surface area contributed by atoms with Gasteiger partial charge in [-0.25, -0.2) is 4.98 Å². The van der Waals surface area contributed by atoms with Crippen LogP contribution in [0, 0.1) is 6.92 Å². The van der Waals surface area contributed by atoms with Gasteiger partial charge in [0.25, 0.3) is 5.91 Å². The van der Waals surface area contributed by atoms with Crippen molar-refractivity contribution in [1.29, 1.82) is 0 Å². The van der Waals surface area contributed by atoms with Crippen LogP contribution < -0.4 is 15.0 Å². The molecule has 0 atom stereocenters. The van der Waals surface area contributed by atoms with E-state index in [0.717, 1.165) is 18.1 Å². The first-order valence-electron chi connectivity index (χ1n) is 9.03. The quantitative estimate of drug-likeness (QED) is 0.596. The van der Waals surface area contributed by atoms with Crippen molar-refractivity contribution in [2.24, 2.45) is 0 Å². The van der Waals surface area contributed by atoms with E-state index in [4.69, 9.17) is 16.3 Å². The number of ether oxygens (including phenoxy) is 1. The number of anilines is 3. The van der Waals surface area contributed by atoms with Crippen LogP contribution in [-0.4, -0.2) is 24.0 Å². The highest BCUT2D eigenvalue weighted by atomic mass is 35.5. The van der Waals surface area contributed by atoms with Gasteiger partial charge in [0.15, 0.2) is 6.61 Å². The number of amides is 1. The molecule has 1 aromatic heterocycles. The number of rotatable bonds is 7. The van der Waals surface area contributed by atoms with Crippen LogP contribution in [0.4, 0.5) is 17.2 Å². The maximum atomic E-state index is 12.1. The van der Waals surface area contributed by atoms with Crippen LogP contribution in [0.5, 0.6) is 5.75 Å². The van der Waals surface area contributed by atoms with Gasteiger partial charge in [-0.15, -0.1) is 0 Å². The summed E-state index contributed by atoms with van der Waals surface area (Å²) in [5.74, 6) is 1.16. The molecule has 6 heteroatoms. The monoisotopic (exact) mass is 395 g/mol. The summed E-state index contributed by atoms with van der Waals surface area (Å²) in [5.41, 5.74) is 2.90. The minimum atomic E-state index is -0.254. The van der Waals surface area contributed by atoms with E-state index in [1.54, 1.807) is 30.5 Å². The number of benzene rings is 2. The largest absolute Gasteiger partial charge is 0.484 e. The number of hydrogen-bond donors (Lipinski definition) is 1. The summed E-state index contributed by atoms with van der Waals surface area (Å²) in [6, 6.07) is 18.9. The van der Waals surface area contributed by atoms with Gasteiger partial charge in [-0.05, 0) is 67.9 Å². The van der Waals surface area contributed by atoms with Gasteiger partial charge in [-0.1, -0.05) is 23.7 Å². The number of pyridine rings is 1. The summed E-state index contributed by atoms with van der Waals surface area (Å²) in [4.78, 5) is 18.7. The fourth-order valence-electron chi connectivity index (χ4n) is 2.77. The van der Waals surface area contributed by atoms with Gasteiger partial charge >= 0.3 is 0 Å². The lowest BCUT2D eigenvalue weighted by atomic mass is 10.2. The van der Waals surface area contributed by atoms with Gasteiger partial charge in [0.2, 0.25) is 0 Å². The van der Waals surface area contributed by atoms with Crippen molar-refractivity contribution < 1.29 is 9.53 Å². The Kier molecular flexibility index (Phi) is 6.50. The number of halogens is 1. The van der Waals surface area contributed by atoms with E-state index >= 15 is 0 Å². The Bertz CT molecular complexity index is 927. The molecular weight excluding hydrogens is 374 g/mol. The van der Waals surface area contributed by atoms with Crippen LogP contribution in [0.3, 0.4) is 0 Å². The predicted octanol–water partition coefficient (Wildman–Crippen LogP) is 5.22. The highest BCUT2D eigenvalue weighted by Gasteiger charge is 2.10. The normalized spacial score (nSPS) is 10.4. The third-order valence-corrected chi connectivity index (χ3v) is 4.37. The molecule has 0 saturated heterocycles. The van der Waals surface area contributed by atoms with Gasteiger partial charge in [0, 0.05) is 17.3 Å². The summed E-state index contributed by atoms with van der Waals surface area (Å²) in [6.45, 7) is 4.84. The maximum absolute atomic E-state index is 12.1. The average Bonchev–Trinajstić information content (AvgIpc) is 2.69. The number of aromatic nitrogens is 1. The van der Waals surface area contributed by atoms with Crippen LogP contribution in [0.2, 0.25) is 5.02 Å². The van der Waals surface area contributed by atoms with Gasteiger partial charge < -0.3 is 15.0 Å². The molecule has 0 aliphatic rings. The van der Waals surface area contributed by atoms with Crippen molar-refractivity contribution in [3.8, 4) is 5.75 Å². The van der Waals surface area contributed by atoms with E-state index in [0.29, 0.717) is 16.5 Å². The first kappa shape index (κ1) is 19.7. The molecule has 5 nitrogen and oxygen atoms in total. The summed E-state index contributed by atoms with van der Waals surface area (Å²) in [7, 11) is 0. The Balaban J connectivity index is 1.60. The Morgan fingerprint density at radius 1 is 1.14 bits per heavy atom. The van der Waals surface area contributed by atoms with Crippen LogP contribution >= 0.6 is 11.6 Å². The molecule has 3 aromatic rings. The summed E-state index contributed by atoms with van der Waals surface area (Å²) in [6.07, 6.45) is 1.65. The first-order valence-corrected chi connectivity index (χ1v) is 9.41. The molecule has 144 valence electrons. The highest BCUT2D eigenvalue weighted by molar-refractivity contribution is 6.30. The molecule has 1 amide bonds. The van der Waals surface area contributed by atoms with Gasteiger partial charge in [0.1, 0.15) is 11.6 Å². The van der Waals surface area contributed by atoms with Crippen LogP contribution in [0.25, 0.3) is 0 Å². The van der Waals surface area contributed by atoms with Crippen LogP contribution in [-0.2, 0) is 4.79 Å². The topological polar surface area (TPSA) is 54.5 Å². The molecule has 0 bridgehead atoms. The highest BCUT2D eigenvalue weighted by Crippen LogP contribution is 2.25. The second-order valence-electron chi connectivity index (χ2n) is 6.28. The van der Waals surface area contributed by atoms with E-state index in [2.05, 4.69) is 47.2 Å². The number of nitrogens with one attached hydrogen (secondary N) is 1. The zero-order chi connectivity index (χ0) is 19.9. The van der Waals surface area contributed by atoms with E-state index < -0.39 is 0 Å². The van der Waals surface area contributed by atoms with Crippen molar-refractivity contribution in [3.05, 3.63) is 77.4 Å². The fourth-order valence-corrected chi connectivity index (χ4v) is 2.90. The lowest BCUT2D eigenvalue weighted by Crippen LogP contribution is -2.21. The molecule has 0 fully saturated rings. The summed E-state index contributed by atoms with van der Waals surface area (Å²) in [5, 5.41) is 3.41. The van der Waals surface area contributed by atoms with Crippen LogP contribution in [0.15, 0.2) is 66.9 Å². The van der Waals surface area contributed by atoms with Crippen molar-refractivity contribution in [2.75, 3.05) is 23.4 Å². The third kappa shape index (κ3) is 5.24. The number of carbonyl (C=O) groups excluding carboxylic acids is 1. The van der Waals surface area contributed by atoms with E-state index in [1.807, 2.05) is 18.2 Å². The molecular formula is C22H22ClN3O2. The molecule has 0 saturated carbocycles. The van der Waals surface area contributed by atoms with Crippen molar-refractivity contribution in [1.82, 2.24) is 4.98 Å². The van der Waals surface area contributed by atoms with Crippen molar-refractivity contribution in [3.63, 3.8) is 0 Å². The van der Waals surface area contributed by atoms with Crippen molar-refractivity contribution >= 4 is 34.7 Å². The predicted molar refractivity (Wildman–Crippen MR) is 114 cm³/mol. The average molecular weight is 396 g/mol. The summed E-state index contributed by atoms with van der Waals surface area (Å²) < 4.78 is 5.44. The number of hydrogen-bond acceptors (Lipinski definition) is 4. The Hall–Kier alpha value is -3.05. The molecule has 0 unspecified atom stereocenters. The Labute approximate surface area is 169 Å². The number of nitrogens with zero attached hydrogens (tertiary/aromatic N) is 2. The van der Waals surface area contributed by atoms with Crippen molar-refractivity contribution in [2.45, 2.75) is 13.8 Å². The van der Waals surface area contributed by atoms with Gasteiger partial charge in [-0.2, -0.15) is 0 Å². The molecule has 28 heavy (non-hydrogen) atoms. The minimum absolute atomic E-state index is 0.0895. The second kappa shape index (κ2) is 9.24. The van der Waals surface area contributed by atoms with Gasteiger partial charge in [-0.3, -0.25) is 4.79 Å². The van der Waals surface area contributed by atoms with Gasteiger partial charge in [0.05, 0.1) is 11.9 Å². The van der Waals surface area contributed by atoms with E-state index in [1.165, 1.54) is 5.56 Å². The number of aryl methyl sites for hydroxylation is 1. The lowest BCUT2D eigenvalue weighted by molar-refractivity contribution is -0.118. The molecule has 1 heterocycles.